The molecule has 16 heavy (non-hydrogen) atoms. The third kappa shape index (κ3) is 3.19. The Morgan fingerprint density at radius 1 is 1.44 bits per heavy atom. The van der Waals surface area contributed by atoms with Crippen molar-refractivity contribution in [2.45, 2.75) is 31.2 Å². The van der Waals surface area contributed by atoms with Crippen LogP contribution in [0.1, 0.15) is 25.3 Å². The summed E-state index contributed by atoms with van der Waals surface area (Å²) >= 11 is 0.264. The van der Waals surface area contributed by atoms with Crippen LogP contribution >= 0.6 is 12.1 Å². The van der Waals surface area contributed by atoms with E-state index in [-0.39, 0.29) is 12.1 Å². The van der Waals surface area contributed by atoms with E-state index in [0.29, 0.717) is 4.90 Å². The molecule has 2 nitrogen and oxygen atoms in total. The second-order valence-corrected chi connectivity index (χ2v) is 5.19. The first-order valence-corrected chi connectivity index (χ1v) is 6.44. The normalized spacial score (nSPS) is 18.9. The topological polar surface area (TPSA) is 16.1 Å². The van der Waals surface area contributed by atoms with Crippen LogP contribution in [0.2, 0.25) is 0 Å². The SMILES string of the molecule is CC1CCN(Cc2cncc(SF)c2)CC1. The molecule has 1 fully saturated rings. The van der Waals surface area contributed by atoms with E-state index in [1.165, 1.54) is 12.8 Å². The molecule has 2 rings (SSSR count). The number of likely N-dealkylation sites (tertiary alicyclic amines) is 1. The van der Waals surface area contributed by atoms with E-state index >= 15 is 0 Å². The van der Waals surface area contributed by atoms with E-state index in [1.54, 1.807) is 6.20 Å². The van der Waals surface area contributed by atoms with Gasteiger partial charge in [0, 0.05) is 18.9 Å². The van der Waals surface area contributed by atoms with Crippen molar-refractivity contribution < 1.29 is 3.89 Å². The molecule has 0 radical (unpaired) electrons. The summed E-state index contributed by atoms with van der Waals surface area (Å²) in [5.41, 5.74) is 1.11. The minimum Gasteiger partial charge on any atom is -0.299 e. The van der Waals surface area contributed by atoms with E-state index in [9.17, 15) is 3.89 Å². The van der Waals surface area contributed by atoms with Gasteiger partial charge in [0.15, 0.2) is 0 Å². The predicted octanol–water partition coefficient (Wildman–Crippen LogP) is 3.29. The third-order valence-electron chi connectivity index (χ3n) is 3.14. The maximum Gasteiger partial charge on any atom is 0.0828 e. The fourth-order valence-electron chi connectivity index (χ4n) is 2.07. The van der Waals surface area contributed by atoms with Gasteiger partial charge in [0.05, 0.1) is 17.0 Å². The Kier molecular flexibility index (Phi) is 4.18. The lowest BCUT2D eigenvalue weighted by Gasteiger charge is -2.30. The highest BCUT2D eigenvalue weighted by Gasteiger charge is 2.15. The quantitative estimate of drug-likeness (QED) is 0.806. The Labute approximate surface area is 101 Å². The van der Waals surface area contributed by atoms with Crippen LogP contribution in [0.3, 0.4) is 0 Å². The first-order chi connectivity index (χ1) is 7.78. The molecule has 4 heteroatoms. The van der Waals surface area contributed by atoms with Crippen LogP contribution in [0.4, 0.5) is 3.89 Å². The van der Waals surface area contributed by atoms with Crippen LogP contribution in [0.5, 0.6) is 0 Å². The number of piperidine rings is 1. The Balaban J connectivity index is 1.93. The summed E-state index contributed by atoms with van der Waals surface area (Å²) in [5, 5.41) is 0. The molecule has 1 aromatic heterocycles. The van der Waals surface area contributed by atoms with Crippen molar-refractivity contribution in [2.75, 3.05) is 13.1 Å². The summed E-state index contributed by atoms with van der Waals surface area (Å²) in [6.07, 6.45) is 5.93. The van der Waals surface area contributed by atoms with Crippen molar-refractivity contribution in [3.05, 3.63) is 24.0 Å². The Morgan fingerprint density at radius 3 is 2.88 bits per heavy atom. The predicted molar refractivity (Wildman–Crippen MR) is 64.9 cm³/mol. The average Bonchev–Trinajstić information content (AvgIpc) is 2.32. The van der Waals surface area contributed by atoms with Gasteiger partial charge in [-0.1, -0.05) is 6.92 Å². The van der Waals surface area contributed by atoms with Crippen molar-refractivity contribution in [3.63, 3.8) is 0 Å². The van der Waals surface area contributed by atoms with Gasteiger partial charge in [0.2, 0.25) is 0 Å². The summed E-state index contributed by atoms with van der Waals surface area (Å²) in [5.74, 6) is 0.849. The lowest BCUT2D eigenvalue weighted by molar-refractivity contribution is 0.185. The summed E-state index contributed by atoms with van der Waals surface area (Å²) in [7, 11) is 0. The second-order valence-electron chi connectivity index (χ2n) is 4.56. The lowest BCUT2D eigenvalue weighted by atomic mass is 9.99. The van der Waals surface area contributed by atoms with Gasteiger partial charge in [-0.15, -0.1) is 0 Å². The number of pyridine rings is 1. The van der Waals surface area contributed by atoms with Crippen LogP contribution in [0, 0.1) is 5.92 Å². The number of nitrogens with zero attached hydrogens (tertiary/aromatic N) is 2. The van der Waals surface area contributed by atoms with Crippen LogP contribution in [0.15, 0.2) is 23.4 Å². The number of aromatic nitrogens is 1. The van der Waals surface area contributed by atoms with Gasteiger partial charge < -0.3 is 0 Å². The molecule has 0 aromatic carbocycles. The molecule has 2 heterocycles. The molecule has 0 N–H and O–H groups in total. The Bertz CT molecular complexity index is 338. The molecule has 1 saturated heterocycles. The van der Waals surface area contributed by atoms with Gasteiger partial charge in [-0.3, -0.25) is 9.88 Å². The maximum atomic E-state index is 12.4. The van der Waals surface area contributed by atoms with E-state index < -0.39 is 0 Å². The number of hydrogen-bond donors (Lipinski definition) is 0. The monoisotopic (exact) mass is 240 g/mol. The largest absolute Gasteiger partial charge is 0.299 e. The highest BCUT2D eigenvalue weighted by molar-refractivity contribution is 7.94. The fraction of sp³-hybridized carbons (Fsp3) is 0.583. The summed E-state index contributed by atoms with van der Waals surface area (Å²) in [6, 6.07) is 1.88. The molecule has 0 bridgehead atoms. The van der Waals surface area contributed by atoms with Crippen LogP contribution in [0.25, 0.3) is 0 Å². The number of halogens is 1. The van der Waals surface area contributed by atoms with Gasteiger partial charge in [0.25, 0.3) is 0 Å². The smallest absolute Gasteiger partial charge is 0.0828 e. The van der Waals surface area contributed by atoms with E-state index in [4.69, 9.17) is 0 Å². The van der Waals surface area contributed by atoms with Crippen LogP contribution < -0.4 is 0 Å². The summed E-state index contributed by atoms with van der Waals surface area (Å²) < 4.78 is 12.4. The van der Waals surface area contributed by atoms with Crippen molar-refractivity contribution in [3.8, 4) is 0 Å². The van der Waals surface area contributed by atoms with Crippen LogP contribution in [-0.2, 0) is 6.54 Å². The molecule has 88 valence electrons. The summed E-state index contributed by atoms with van der Waals surface area (Å²) in [6.45, 7) is 5.50. The lowest BCUT2D eigenvalue weighted by Crippen LogP contribution is -2.32. The van der Waals surface area contributed by atoms with Crippen molar-refractivity contribution in [2.24, 2.45) is 5.92 Å². The molecule has 1 aromatic rings. The molecule has 0 saturated carbocycles. The second kappa shape index (κ2) is 5.64. The molecule has 0 unspecified atom stereocenters. The standard InChI is InChI=1S/C12H17FN2S/c1-10-2-4-15(5-3-10)9-11-6-12(16-13)8-14-7-11/h6-8,10H,2-5,9H2,1H3. The van der Waals surface area contributed by atoms with E-state index in [1.807, 2.05) is 12.3 Å². The van der Waals surface area contributed by atoms with Crippen LogP contribution in [-0.4, -0.2) is 23.0 Å². The maximum absolute atomic E-state index is 12.4. The molecular weight excluding hydrogens is 223 g/mol. The molecular formula is C12H17FN2S. The number of rotatable bonds is 3. The first kappa shape index (κ1) is 11.9. The molecule has 0 spiro atoms. The first-order valence-electron chi connectivity index (χ1n) is 5.73. The zero-order chi connectivity index (χ0) is 11.4. The Hall–Kier alpha value is -0.610. The van der Waals surface area contributed by atoms with Gasteiger partial charge in [-0.05, 0) is 43.5 Å². The van der Waals surface area contributed by atoms with Crippen molar-refractivity contribution >= 4 is 12.1 Å². The highest BCUT2D eigenvalue weighted by Crippen LogP contribution is 2.21. The highest BCUT2D eigenvalue weighted by atomic mass is 32.2. The average molecular weight is 240 g/mol. The molecule has 1 aliphatic heterocycles. The fourth-order valence-corrected chi connectivity index (χ4v) is 2.37. The third-order valence-corrected chi connectivity index (χ3v) is 3.54. The van der Waals surface area contributed by atoms with Gasteiger partial charge in [-0.25, -0.2) is 0 Å². The molecule has 0 amide bonds. The van der Waals surface area contributed by atoms with Crippen molar-refractivity contribution in [1.82, 2.24) is 9.88 Å². The zero-order valence-corrected chi connectivity index (χ0v) is 10.3. The Morgan fingerprint density at radius 2 is 2.19 bits per heavy atom. The van der Waals surface area contributed by atoms with E-state index in [0.717, 1.165) is 31.1 Å². The molecule has 1 aliphatic rings. The van der Waals surface area contributed by atoms with Gasteiger partial charge in [0.1, 0.15) is 0 Å². The van der Waals surface area contributed by atoms with E-state index in [2.05, 4.69) is 16.8 Å². The number of hydrogen-bond acceptors (Lipinski definition) is 3. The zero-order valence-electron chi connectivity index (χ0n) is 9.53. The molecule has 0 aliphatic carbocycles. The summed E-state index contributed by atoms with van der Waals surface area (Å²) in [4.78, 5) is 7.07. The minimum atomic E-state index is 0.264. The molecule has 0 atom stereocenters. The van der Waals surface area contributed by atoms with Gasteiger partial charge in [-0.2, -0.15) is 3.89 Å². The van der Waals surface area contributed by atoms with Gasteiger partial charge >= 0.3 is 0 Å². The van der Waals surface area contributed by atoms with Crippen molar-refractivity contribution in [1.29, 1.82) is 0 Å². The minimum absolute atomic E-state index is 0.264.